The Morgan fingerprint density at radius 2 is 1.39 bits per heavy atom. The highest BCUT2D eigenvalue weighted by molar-refractivity contribution is 7.90. The number of hydrogen-bond acceptors (Lipinski definition) is 7. The van der Waals surface area contributed by atoms with Gasteiger partial charge in [0.1, 0.15) is 12.6 Å². The number of sulfonamides is 1. The molecule has 3 amide bonds. The second-order valence-corrected chi connectivity index (χ2v) is 11.8. The molecule has 0 bridgehead atoms. The normalized spacial score (nSPS) is 11.5. The fraction of sp³-hybridized carbons (Fsp3) is 0.125. The molecule has 0 radical (unpaired) electrons. The summed E-state index contributed by atoms with van der Waals surface area (Å²) in [6, 6.07) is 29.0. The molecule has 0 aromatic heterocycles. The van der Waals surface area contributed by atoms with Crippen LogP contribution in [0.2, 0.25) is 0 Å². The number of thiocarbonyl (C=S) groups is 1. The number of amides is 3. The Morgan fingerprint density at radius 1 is 0.795 bits per heavy atom. The van der Waals surface area contributed by atoms with Crippen molar-refractivity contribution in [2.24, 2.45) is 0 Å². The Balaban J connectivity index is 1.38. The number of ether oxygens (including phenoxy) is 1. The fourth-order valence-corrected chi connectivity index (χ4v) is 5.22. The summed E-state index contributed by atoms with van der Waals surface area (Å²) in [5.41, 5.74) is 3.31. The van der Waals surface area contributed by atoms with E-state index in [1.54, 1.807) is 78.9 Å². The largest absolute Gasteiger partial charge is 0.445 e. The third-order valence-electron chi connectivity index (χ3n) is 6.30. The summed E-state index contributed by atoms with van der Waals surface area (Å²) in [4.78, 5) is 37.9. The van der Waals surface area contributed by atoms with Crippen LogP contribution in [0.5, 0.6) is 0 Å². The lowest BCUT2D eigenvalue weighted by molar-refractivity contribution is -0.121. The van der Waals surface area contributed by atoms with Crippen LogP contribution in [-0.4, -0.2) is 37.5 Å². The average molecular weight is 631 g/mol. The van der Waals surface area contributed by atoms with Gasteiger partial charge in [-0.15, -0.1) is 0 Å². The Hall–Kier alpha value is -5.07. The molecular weight excluding hydrogens is 601 g/mol. The maximum atomic E-state index is 13.2. The van der Waals surface area contributed by atoms with Crippen LogP contribution in [0.4, 0.5) is 10.5 Å². The van der Waals surface area contributed by atoms with Gasteiger partial charge in [0, 0.05) is 17.7 Å². The van der Waals surface area contributed by atoms with Gasteiger partial charge in [0.25, 0.3) is 21.8 Å². The highest BCUT2D eigenvalue weighted by Gasteiger charge is 2.27. The second kappa shape index (κ2) is 14.9. The minimum absolute atomic E-state index is 0.0217. The molecule has 226 valence electrons. The minimum Gasteiger partial charge on any atom is -0.445 e. The van der Waals surface area contributed by atoms with Crippen molar-refractivity contribution in [3.63, 3.8) is 0 Å². The predicted molar refractivity (Wildman–Crippen MR) is 170 cm³/mol. The number of nitrogens with one attached hydrogen (secondary N) is 4. The van der Waals surface area contributed by atoms with E-state index in [4.69, 9.17) is 17.0 Å². The van der Waals surface area contributed by atoms with Crippen LogP contribution in [0, 0.1) is 6.92 Å². The van der Waals surface area contributed by atoms with Gasteiger partial charge in [0.05, 0.1) is 4.90 Å². The predicted octanol–water partition coefficient (Wildman–Crippen LogP) is 4.46. The van der Waals surface area contributed by atoms with Gasteiger partial charge in [0.15, 0.2) is 5.11 Å². The van der Waals surface area contributed by atoms with Gasteiger partial charge >= 0.3 is 6.09 Å². The van der Waals surface area contributed by atoms with E-state index >= 15 is 0 Å². The van der Waals surface area contributed by atoms with Gasteiger partial charge in [-0.05, 0) is 66.7 Å². The minimum atomic E-state index is -4.31. The number of alkyl carbamates (subject to hydrolysis) is 1. The molecule has 0 saturated heterocycles. The van der Waals surface area contributed by atoms with E-state index in [2.05, 4.69) is 16.0 Å². The maximum Gasteiger partial charge on any atom is 0.408 e. The monoisotopic (exact) mass is 630 g/mol. The number of benzene rings is 4. The number of anilines is 1. The van der Waals surface area contributed by atoms with E-state index in [0.29, 0.717) is 16.8 Å². The molecule has 0 saturated carbocycles. The molecule has 4 rings (SSSR count). The van der Waals surface area contributed by atoms with Gasteiger partial charge in [-0.1, -0.05) is 78.4 Å². The SMILES string of the molecule is Cc1ccc(C(=O)NC(=S)Nc2ccc(S(=O)(=O)NC(=O)[C@H](Cc3ccccc3)NC(=O)OCc3ccccc3)cc2)cc1. The highest BCUT2D eigenvalue weighted by atomic mass is 32.2. The Morgan fingerprint density at radius 3 is 2.00 bits per heavy atom. The Kier molecular flexibility index (Phi) is 10.8. The van der Waals surface area contributed by atoms with Crippen LogP contribution in [-0.2, 0) is 32.6 Å². The Bertz CT molecular complexity index is 1710. The number of aryl methyl sites for hydroxylation is 1. The smallest absolute Gasteiger partial charge is 0.408 e. The number of carbonyl (C=O) groups excluding carboxylic acids is 3. The number of carbonyl (C=O) groups is 3. The van der Waals surface area contributed by atoms with Crippen LogP contribution in [0.25, 0.3) is 0 Å². The zero-order valence-electron chi connectivity index (χ0n) is 23.6. The molecule has 10 nitrogen and oxygen atoms in total. The molecule has 0 aliphatic carbocycles. The third kappa shape index (κ3) is 9.48. The van der Waals surface area contributed by atoms with Crippen LogP contribution >= 0.6 is 12.2 Å². The van der Waals surface area contributed by atoms with Crippen molar-refractivity contribution >= 4 is 50.9 Å². The molecule has 4 aromatic rings. The van der Waals surface area contributed by atoms with Crippen LogP contribution in [0.15, 0.2) is 114 Å². The standard InChI is InChI=1S/C32H30N4O6S2/c1-22-12-14-25(15-13-22)29(37)35-31(43)33-26-16-18-27(19-17-26)44(40,41)36-30(38)28(20-23-8-4-2-5-9-23)34-32(39)42-21-24-10-6-3-7-11-24/h2-19,28H,20-21H2,1H3,(H,34,39)(H,36,38)(H2,33,35,37,43)/t28-/m0/s1. The molecule has 0 heterocycles. The first-order valence-electron chi connectivity index (χ1n) is 13.5. The molecule has 0 spiro atoms. The first-order valence-corrected chi connectivity index (χ1v) is 15.3. The average Bonchev–Trinajstić information content (AvgIpc) is 3.01. The van der Waals surface area contributed by atoms with Crippen LogP contribution in [0.3, 0.4) is 0 Å². The second-order valence-electron chi connectivity index (χ2n) is 9.72. The molecule has 0 fully saturated rings. The third-order valence-corrected chi connectivity index (χ3v) is 7.87. The van der Waals surface area contributed by atoms with Gasteiger partial charge in [-0.3, -0.25) is 14.9 Å². The molecule has 0 aliphatic rings. The molecule has 1 atom stereocenters. The van der Waals surface area contributed by atoms with Gasteiger partial charge < -0.3 is 15.4 Å². The number of hydrogen-bond donors (Lipinski definition) is 4. The van der Waals surface area contributed by atoms with Crippen molar-refractivity contribution in [2.45, 2.75) is 30.9 Å². The van der Waals surface area contributed by atoms with Crippen molar-refractivity contribution in [3.8, 4) is 0 Å². The summed E-state index contributed by atoms with van der Waals surface area (Å²) < 4.78 is 33.4. The quantitative estimate of drug-likeness (QED) is 0.188. The lowest BCUT2D eigenvalue weighted by Crippen LogP contribution is -2.49. The van der Waals surface area contributed by atoms with Crippen LogP contribution < -0.4 is 20.7 Å². The topological polar surface area (TPSA) is 143 Å². The summed E-state index contributed by atoms with van der Waals surface area (Å²) >= 11 is 5.20. The van der Waals surface area contributed by atoms with E-state index < -0.39 is 34.0 Å². The van der Waals surface area contributed by atoms with Crippen molar-refractivity contribution in [2.75, 3.05) is 5.32 Å². The lowest BCUT2D eigenvalue weighted by Gasteiger charge is -2.19. The van der Waals surface area contributed by atoms with Crippen molar-refractivity contribution < 1.29 is 27.5 Å². The lowest BCUT2D eigenvalue weighted by atomic mass is 10.1. The summed E-state index contributed by atoms with van der Waals surface area (Å²) in [6.45, 7) is 1.89. The zero-order valence-corrected chi connectivity index (χ0v) is 25.3. The first-order chi connectivity index (χ1) is 21.1. The number of rotatable bonds is 10. The van der Waals surface area contributed by atoms with E-state index in [1.165, 1.54) is 24.3 Å². The summed E-state index contributed by atoms with van der Waals surface area (Å²) in [7, 11) is -4.31. The summed E-state index contributed by atoms with van der Waals surface area (Å²) in [5, 5.41) is 7.88. The molecule has 4 aromatic carbocycles. The summed E-state index contributed by atoms with van der Waals surface area (Å²) in [6.07, 6.45) is -0.847. The van der Waals surface area contributed by atoms with Crippen molar-refractivity contribution in [3.05, 3.63) is 131 Å². The van der Waals surface area contributed by atoms with E-state index in [9.17, 15) is 22.8 Å². The molecule has 12 heteroatoms. The summed E-state index contributed by atoms with van der Waals surface area (Å²) in [5.74, 6) is -1.33. The van der Waals surface area contributed by atoms with Crippen molar-refractivity contribution in [1.82, 2.24) is 15.4 Å². The Labute approximate surface area is 260 Å². The highest BCUT2D eigenvalue weighted by Crippen LogP contribution is 2.15. The fourth-order valence-electron chi connectivity index (χ4n) is 3.99. The van der Waals surface area contributed by atoms with E-state index in [1.807, 2.05) is 17.7 Å². The molecule has 0 aliphatic heterocycles. The van der Waals surface area contributed by atoms with Gasteiger partial charge in [-0.2, -0.15) is 0 Å². The van der Waals surface area contributed by atoms with Gasteiger partial charge in [0.2, 0.25) is 0 Å². The van der Waals surface area contributed by atoms with Gasteiger partial charge in [-0.25, -0.2) is 17.9 Å². The molecule has 4 N–H and O–H groups in total. The zero-order chi connectivity index (χ0) is 31.5. The van der Waals surface area contributed by atoms with E-state index in [-0.39, 0.29) is 23.0 Å². The maximum absolute atomic E-state index is 13.2. The first kappa shape index (κ1) is 31.9. The molecule has 0 unspecified atom stereocenters. The van der Waals surface area contributed by atoms with Crippen LogP contribution in [0.1, 0.15) is 27.0 Å². The molecular formula is C32H30N4O6S2. The van der Waals surface area contributed by atoms with E-state index in [0.717, 1.165) is 11.1 Å². The molecule has 44 heavy (non-hydrogen) atoms. The van der Waals surface area contributed by atoms with Crippen molar-refractivity contribution in [1.29, 1.82) is 0 Å².